The molecule has 0 bridgehead atoms. The second-order valence-corrected chi connectivity index (χ2v) is 4.73. The van der Waals surface area contributed by atoms with Crippen molar-refractivity contribution in [3.8, 4) is 6.01 Å². The summed E-state index contributed by atoms with van der Waals surface area (Å²) in [6.45, 7) is 6.69. The van der Waals surface area contributed by atoms with Crippen LogP contribution in [-0.2, 0) is 0 Å². The average molecular weight is 251 g/mol. The lowest BCUT2D eigenvalue weighted by Gasteiger charge is -2.26. The van der Waals surface area contributed by atoms with E-state index < -0.39 is 0 Å². The number of rotatable bonds is 6. The van der Waals surface area contributed by atoms with Gasteiger partial charge in [0.25, 0.3) is 0 Å². The summed E-state index contributed by atoms with van der Waals surface area (Å²) in [5, 5.41) is 6.40. The quantitative estimate of drug-likeness (QED) is 0.806. The molecule has 1 heterocycles. The van der Waals surface area contributed by atoms with E-state index in [4.69, 9.17) is 4.74 Å². The van der Waals surface area contributed by atoms with Gasteiger partial charge in [0, 0.05) is 12.6 Å². The third kappa shape index (κ3) is 3.45. The summed E-state index contributed by atoms with van der Waals surface area (Å²) in [4.78, 5) is 12.8. The van der Waals surface area contributed by atoms with Crippen LogP contribution in [0.2, 0.25) is 0 Å². The fraction of sp³-hybridized carbons (Fsp3) is 0.750. The zero-order chi connectivity index (χ0) is 13.0. The minimum absolute atomic E-state index is 0.0541. The maximum Gasteiger partial charge on any atom is 0.323 e. The van der Waals surface area contributed by atoms with Gasteiger partial charge in [0.2, 0.25) is 11.9 Å². The summed E-state index contributed by atoms with van der Waals surface area (Å²) >= 11 is 0. The average Bonchev–Trinajstić information content (AvgIpc) is 2.23. The van der Waals surface area contributed by atoms with Crippen molar-refractivity contribution < 1.29 is 4.74 Å². The zero-order valence-electron chi connectivity index (χ0n) is 11.2. The maximum absolute atomic E-state index is 5.53. The van der Waals surface area contributed by atoms with E-state index in [0.29, 0.717) is 23.9 Å². The Morgan fingerprint density at radius 3 is 2.50 bits per heavy atom. The Labute approximate surface area is 108 Å². The number of aromatic nitrogens is 3. The first-order valence-electron chi connectivity index (χ1n) is 6.60. The van der Waals surface area contributed by atoms with Crippen molar-refractivity contribution in [2.24, 2.45) is 0 Å². The van der Waals surface area contributed by atoms with Crippen LogP contribution in [0.15, 0.2) is 0 Å². The number of nitrogens with zero attached hydrogens (tertiary/aromatic N) is 3. The van der Waals surface area contributed by atoms with E-state index in [1.54, 1.807) is 0 Å². The highest BCUT2D eigenvalue weighted by Gasteiger charge is 2.19. The lowest BCUT2D eigenvalue weighted by atomic mass is 9.93. The SMILES string of the molecule is CCNc1nc(NC2CCC2)nc(OC(C)C)n1. The first kappa shape index (κ1) is 12.9. The van der Waals surface area contributed by atoms with Gasteiger partial charge in [-0.1, -0.05) is 0 Å². The molecule has 2 rings (SSSR count). The van der Waals surface area contributed by atoms with Gasteiger partial charge in [0.1, 0.15) is 0 Å². The molecule has 0 aliphatic heterocycles. The summed E-state index contributed by atoms with van der Waals surface area (Å²) < 4.78 is 5.53. The van der Waals surface area contributed by atoms with E-state index in [1.807, 2.05) is 20.8 Å². The first-order valence-corrected chi connectivity index (χ1v) is 6.60. The zero-order valence-corrected chi connectivity index (χ0v) is 11.2. The van der Waals surface area contributed by atoms with Crippen molar-refractivity contribution in [2.45, 2.75) is 52.2 Å². The second-order valence-electron chi connectivity index (χ2n) is 4.73. The highest BCUT2D eigenvalue weighted by molar-refractivity contribution is 5.36. The standard InChI is InChI=1S/C12H21N5O/c1-4-13-10-15-11(14-9-6-5-7-9)17-12(16-10)18-8(2)3/h8-9H,4-7H2,1-3H3,(H2,13,14,15,16,17). The molecule has 100 valence electrons. The Hall–Kier alpha value is -1.59. The van der Waals surface area contributed by atoms with E-state index in [2.05, 4.69) is 25.6 Å². The van der Waals surface area contributed by atoms with Crippen LogP contribution in [0.4, 0.5) is 11.9 Å². The Morgan fingerprint density at radius 1 is 1.22 bits per heavy atom. The van der Waals surface area contributed by atoms with E-state index in [-0.39, 0.29) is 6.10 Å². The molecule has 0 atom stereocenters. The number of nitrogens with one attached hydrogen (secondary N) is 2. The second kappa shape index (κ2) is 5.84. The Bertz CT molecular complexity index is 392. The molecule has 6 heteroatoms. The van der Waals surface area contributed by atoms with E-state index in [0.717, 1.165) is 6.54 Å². The van der Waals surface area contributed by atoms with Crippen LogP contribution >= 0.6 is 0 Å². The predicted molar refractivity (Wildman–Crippen MR) is 71.0 cm³/mol. The van der Waals surface area contributed by atoms with Crippen molar-refractivity contribution in [3.63, 3.8) is 0 Å². The van der Waals surface area contributed by atoms with Crippen molar-refractivity contribution in [1.29, 1.82) is 0 Å². The summed E-state index contributed by atoms with van der Waals surface area (Å²) in [6.07, 6.45) is 3.70. The Kier molecular flexibility index (Phi) is 4.17. The molecule has 1 aromatic heterocycles. The van der Waals surface area contributed by atoms with Crippen LogP contribution in [0, 0.1) is 0 Å². The fourth-order valence-electron chi connectivity index (χ4n) is 1.66. The third-order valence-corrected chi connectivity index (χ3v) is 2.73. The van der Waals surface area contributed by atoms with Gasteiger partial charge in [-0.15, -0.1) is 0 Å². The number of anilines is 2. The molecule has 1 aromatic rings. The molecular weight excluding hydrogens is 230 g/mol. The summed E-state index contributed by atoms with van der Waals surface area (Å²) in [7, 11) is 0. The van der Waals surface area contributed by atoms with E-state index >= 15 is 0 Å². The minimum Gasteiger partial charge on any atom is -0.461 e. The first-order chi connectivity index (χ1) is 8.67. The summed E-state index contributed by atoms with van der Waals surface area (Å²) in [6, 6.07) is 0.867. The van der Waals surface area contributed by atoms with Crippen LogP contribution in [0.1, 0.15) is 40.0 Å². The highest BCUT2D eigenvalue weighted by Crippen LogP contribution is 2.22. The molecule has 2 N–H and O–H groups in total. The normalized spacial score (nSPS) is 15.3. The van der Waals surface area contributed by atoms with E-state index in [9.17, 15) is 0 Å². The molecule has 1 aliphatic carbocycles. The number of hydrogen-bond acceptors (Lipinski definition) is 6. The van der Waals surface area contributed by atoms with Gasteiger partial charge >= 0.3 is 6.01 Å². The minimum atomic E-state index is 0.0541. The number of hydrogen-bond donors (Lipinski definition) is 2. The molecular formula is C12H21N5O. The lowest BCUT2D eigenvalue weighted by Crippen LogP contribution is -2.28. The summed E-state index contributed by atoms with van der Waals surface area (Å²) in [5.74, 6) is 1.16. The molecule has 1 saturated carbocycles. The fourth-order valence-corrected chi connectivity index (χ4v) is 1.66. The molecule has 1 fully saturated rings. The van der Waals surface area contributed by atoms with Gasteiger partial charge in [0.05, 0.1) is 6.10 Å². The van der Waals surface area contributed by atoms with Crippen molar-refractivity contribution in [2.75, 3.05) is 17.2 Å². The van der Waals surface area contributed by atoms with Gasteiger partial charge in [-0.2, -0.15) is 15.0 Å². The predicted octanol–water partition coefficient (Wildman–Crippen LogP) is 2.05. The smallest absolute Gasteiger partial charge is 0.323 e. The molecule has 0 saturated heterocycles. The largest absolute Gasteiger partial charge is 0.461 e. The van der Waals surface area contributed by atoms with E-state index in [1.165, 1.54) is 19.3 Å². The molecule has 6 nitrogen and oxygen atoms in total. The van der Waals surface area contributed by atoms with Crippen molar-refractivity contribution in [3.05, 3.63) is 0 Å². The Morgan fingerprint density at radius 2 is 1.94 bits per heavy atom. The number of ether oxygens (including phenoxy) is 1. The molecule has 0 spiro atoms. The lowest BCUT2D eigenvalue weighted by molar-refractivity contribution is 0.222. The molecule has 0 radical (unpaired) electrons. The van der Waals surface area contributed by atoms with Gasteiger partial charge in [-0.25, -0.2) is 0 Å². The van der Waals surface area contributed by atoms with Crippen LogP contribution in [0.3, 0.4) is 0 Å². The molecule has 0 unspecified atom stereocenters. The van der Waals surface area contributed by atoms with Crippen LogP contribution < -0.4 is 15.4 Å². The maximum atomic E-state index is 5.53. The van der Waals surface area contributed by atoms with Crippen molar-refractivity contribution in [1.82, 2.24) is 15.0 Å². The van der Waals surface area contributed by atoms with Gasteiger partial charge in [-0.3, -0.25) is 0 Å². The molecule has 0 amide bonds. The molecule has 18 heavy (non-hydrogen) atoms. The third-order valence-electron chi connectivity index (χ3n) is 2.73. The van der Waals surface area contributed by atoms with Gasteiger partial charge in [0.15, 0.2) is 0 Å². The highest BCUT2D eigenvalue weighted by atomic mass is 16.5. The molecule has 0 aromatic carbocycles. The topological polar surface area (TPSA) is 72.0 Å². The summed E-state index contributed by atoms with van der Waals surface area (Å²) in [5.41, 5.74) is 0. The Balaban J connectivity index is 2.12. The molecule has 1 aliphatic rings. The van der Waals surface area contributed by atoms with Crippen LogP contribution in [0.25, 0.3) is 0 Å². The van der Waals surface area contributed by atoms with Crippen molar-refractivity contribution >= 4 is 11.9 Å². The van der Waals surface area contributed by atoms with Crippen LogP contribution in [-0.4, -0.2) is 33.6 Å². The van der Waals surface area contributed by atoms with Gasteiger partial charge < -0.3 is 15.4 Å². The van der Waals surface area contributed by atoms with Gasteiger partial charge in [-0.05, 0) is 40.0 Å². The monoisotopic (exact) mass is 251 g/mol. The van der Waals surface area contributed by atoms with Crippen LogP contribution in [0.5, 0.6) is 6.01 Å².